The monoisotopic (exact) mass is 146 g/mol. The molecule has 0 saturated carbocycles. The van der Waals surface area contributed by atoms with Crippen molar-refractivity contribution >= 4 is 8.41 Å². The highest BCUT2D eigenvalue weighted by atomic mass is 14.5. The molecule has 0 bridgehead atoms. The summed E-state index contributed by atoms with van der Waals surface area (Å²) in [5, 5.41) is 0. The number of hydrogen-bond donors (Lipinski definition) is 1. The van der Waals surface area contributed by atoms with E-state index in [9.17, 15) is 0 Å². The van der Waals surface area contributed by atoms with Crippen LogP contribution >= 0.6 is 0 Å². The van der Waals surface area contributed by atoms with Crippen LogP contribution in [0.15, 0.2) is 49.1 Å². The second-order valence-corrected chi connectivity index (χ2v) is 1.68. The van der Waals surface area contributed by atoms with Gasteiger partial charge in [-0.15, -0.1) is 6.58 Å². The molecule has 0 aromatic heterocycles. The van der Waals surface area contributed by atoms with Gasteiger partial charge in [0.2, 0.25) is 0 Å². The molecule has 0 unspecified atom stereocenters. The van der Waals surface area contributed by atoms with Crippen molar-refractivity contribution in [3.8, 4) is 0 Å². The Morgan fingerprint density at radius 3 is 1.27 bits per heavy atom. The Morgan fingerprint density at radius 1 is 1.00 bits per heavy atom. The van der Waals surface area contributed by atoms with E-state index in [1.54, 1.807) is 6.08 Å². The smallest absolute Gasteiger partial charge is 0.0104 e. The van der Waals surface area contributed by atoms with Gasteiger partial charge in [-0.3, -0.25) is 0 Å². The Balaban J connectivity index is 0. The zero-order valence-electron chi connectivity index (χ0n) is 6.61. The van der Waals surface area contributed by atoms with Crippen LogP contribution in [0.25, 0.3) is 0 Å². The van der Waals surface area contributed by atoms with Gasteiger partial charge in [-0.1, -0.05) is 42.5 Å². The third kappa shape index (κ3) is 12.2. The highest BCUT2D eigenvalue weighted by molar-refractivity contribution is 5.75. The van der Waals surface area contributed by atoms with Crippen molar-refractivity contribution in [2.75, 3.05) is 6.54 Å². The quantitative estimate of drug-likeness (QED) is 0.470. The second kappa shape index (κ2) is 11.7. The molecule has 2 heteroatoms. The van der Waals surface area contributed by atoms with Gasteiger partial charge in [0.1, 0.15) is 0 Å². The Hall–Kier alpha value is -1.02. The normalized spacial score (nSPS) is 6.64. The molecule has 1 aromatic rings. The van der Waals surface area contributed by atoms with Crippen LogP contribution in [0.5, 0.6) is 0 Å². The van der Waals surface area contributed by atoms with E-state index in [2.05, 4.69) is 6.58 Å². The van der Waals surface area contributed by atoms with Gasteiger partial charge in [-0.2, -0.15) is 0 Å². The van der Waals surface area contributed by atoms with Gasteiger partial charge in [-0.05, 0) is 0 Å². The lowest BCUT2D eigenvalue weighted by molar-refractivity contribution is 1.26. The van der Waals surface area contributed by atoms with Gasteiger partial charge in [0.25, 0.3) is 0 Å². The minimum atomic E-state index is 0. The maximum Gasteiger partial charge on any atom is 0.0104 e. The van der Waals surface area contributed by atoms with Crippen LogP contribution < -0.4 is 5.73 Å². The minimum Gasteiger partial charge on any atom is -0.327 e. The van der Waals surface area contributed by atoms with Gasteiger partial charge in [0.05, 0.1) is 0 Å². The van der Waals surface area contributed by atoms with Crippen LogP contribution in [0.3, 0.4) is 0 Å². The van der Waals surface area contributed by atoms with Gasteiger partial charge < -0.3 is 5.73 Å². The zero-order valence-corrected chi connectivity index (χ0v) is 6.61. The van der Waals surface area contributed by atoms with Crippen LogP contribution in [0, 0.1) is 0 Å². The van der Waals surface area contributed by atoms with Gasteiger partial charge >= 0.3 is 0 Å². The molecule has 1 nitrogen and oxygen atoms in total. The topological polar surface area (TPSA) is 26.0 Å². The molecular weight excluding hydrogens is 133 g/mol. The van der Waals surface area contributed by atoms with Crippen molar-refractivity contribution in [1.82, 2.24) is 0 Å². The van der Waals surface area contributed by atoms with Crippen molar-refractivity contribution in [2.45, 2.75) is 0 Å². The molecule has 11 heavy (non-hydrogen) atoms. The highest BCUT2D eigenvalue weighted by Crippen LogP contribution is 1.79. The molecular formula is C9H13BN. The second-order valence-electron chi connectivity index (χ2n) is 1.68. The molecule has 1 aromatic carbocycles. The molecule has 2 N–H and O–H groups in total. The predicted octanol–water partition coefficient (Wildman–Crippen LogP) is 1.44. The summed E-state index contributed by atoms with van der Waals surface area (Å²) in [5.41, 5.74) is 4.91. The average molecular weight is 146 g/mol. The first-order chi connectivity index (χ1) is 4.91. The molecule has 0 aliphatic rings. The van der Waals surface area contributed by atoms with Crippen LogP contribution in [-0.4, -0.2) is 15.0 Å². The van der Waals surface area contributed by atoms with Crippen LogP contribution in [-0.2, 0) is 0 Å². The van der Waals surface area contributed by atoms with Crippen molar-refractivity contribution in [1.29, 1.82) is 0 Å². The molecule has 0 spiro atoms. The summed E-state index contributed by atoms with van der Waals surface area (Å²) in [6.07, 6.45) is 1.65. The summed E-state index contributed by atoms with van der Waals surface area (Å²) >= 11 is 0. The molecule has 57 valence electrons. The molecule has 0 aliphatic heterocycles. The molecule has 0 aliphatic carbocycles. The summed E-state index contributed by atoms with van der Waals surface area (Å²) in [6, 6.07) is 12.0. The van der Waals surface area contributed by atoms with Crippen molar-refractivity contribution < 1.29 is 0 Å². The number of benzene rings is 1. The fourth-order valence-electron chi connectivity index (χ4n) is 0.385. The largest absolute Gasteiger partial charge is 0.327 e. The summed E-state index contributed by atoms with van der Waals surface area (Å²) in [4.78, 5) is 0. The summed E-state index contributed by atoms with van der Waals surface area (Å²) in [5.74, 6) is 0. The van der Waals surface area contributed by atoms with Crippen LogP contribution in [0.4, 0.5) is 0 Å². The fourth-order valence-corrected chi connectivity index (χ4v) is 0.385. The Labute approximate surface area is 70.5 Å². The van der Waals surface area contributed by atoms with E-state index in [1.807, 2.05) is 36.4 Å². The Morgan fingerprint density at radius 2 is 1.18 bits per heavy atom. The highest BCUT2D eigenvalue weighted by Gasteiger charge is 1.57. The van der Waals surface area contributed by atoms with E-state index >= 15 is 0 Å². The van der Waals surface area contributed by atoms with Crippen molar-refractivity contribution in [3.05, 3.63) is 49.1 Å². The van der Waals surface area contributed by atoms with Crippen molar-refractivity contribution in [2.24, 2.45) is 5.73 Å². The molecule has 0 amide bonds. The molecule has 3 radical (unpaired) electrons. The fraction of sp³-hybridized carbons (Fsp3) is 0.111. The van der Waals surface area contributed by atoms with E-state index in [0.717, 1.165) is 0 Å². The van der Waals surface area contributed by atoms with E-state index in [-0.39, 0.29) is 8.41 Å². The molecule has 1 rings (SSSR count). The molecule has 0 saturated heterocycles. The minimum absolute atomic E-state index is 0. The predicted molar refractivity (Wildman–Crippen MR) is 51.4 cm³/mol. The Kier molecular flexibility index (Phi) is 13.5. The first-order valence-electron chi connectivity index (χ1n) is 3.22. The van der Waals surface area contributed by atoms with E-state index in [0.29, 0.717) is 6.54 Å². The van der Waals surface area contributed by atoms with Crippen LogP contribution in [0.1, 0.15) is 0 Å². The standard InChI is InChI=1S/C6H6.C3H7N.B/c1-2-4-6-5-3-1;1-2-3-4;/h1-6H;2H,1,3-4H2;. The van der Waals surface area contributed by atoms with Gasteiger partial charge in [0.15, 0.2) is 0 Å². The number of hydrogen-bond acceptors (Lipinski definition) is 1. The molecule has 0 heterocycles. The zero-order chi connectivity index (χ0) is 7.66. The van der Waals surface area contributed by atoms with Gasteiger partial charge in [0, 0.05) is 15.0 Å². The van der Waals surface area contributed by atoms with Crippen molar-refractivity contribution in [3.63, 3.8) is 0 Å². The lowest BCUT2D eigenvalue weighted by Gasteiger charge is -1.69. The summed E-state index contributed by atoms with van der Waals surface area (Å²) in [6.45, 7) is 3.94. The SMILES string of the molecule is C=CCN.[B].c1ccccc1. The van der Waals surface area contributed by atoms with Crippen LogP contribution in [0.2, 0.25) is 0 Å². The lowest BCUT2D eigenvalue weighted by atomic mass is 10.4. The van der Waals surface area contributed by atoms with E-state index in [1.165, 1.54) is 0 Å². The maximum absolute atomic E-state index is 4.91. The number of nitrogens with two attached hydrogens (primary N) is 1. The first-order valence-corrected chi connectivity index (χ1v) is 3.22. The third-order valence-corrected chi connectivity index (χ3v) is 0.833. The lowest BCUT2D eigenvalue weighted by Crippen LogP contribution is -1.90. The third-order valence-electron chi connectivity index (χ3n) is 0.833. The summed E-state index contributed by atoms with van der Waals surface area (Å²) in [7, 11) is 0. The summed E-state index contributed by atoms with van der Waals surface area (Å²) < 4.78 is 0. The maximum atomic E-state index is 4.91. The van der Waals surface area contributed by atoms with E-state index < -0.39 is 0 Å². The Bertz CT molecular complexity index is 124. The first kappa shape index (κ1) is 12.6. The number of rotatable bonds is 1. The van der Waals surface area contributed by atoms with Gasteiger partial charge in [-0.25, -0.2) is 0 Å². The molecule has 0 fully saturated rings. The average Bonchev–Trinajstić information content (AvgIpc) is 2.08. The molecule has 0 atom stereocenters. The van der Waals surface area contributed by atoms with E-state index in [4.69, 9.17) is 5.73 Å².